The summed E-state index contributed by atoms with van der Waals surface area (Å²) in [5.74, 6) is -0.228. The first-order chi connectivity index (χ1) is 10.8. The van der Waals surface area contributed by atoms with E-state index in [1.54, 1.807) is 5.38 Å². The van der Waals surface area contributed by atoms with Crippen LogP contribution in [0, 0.1) is 5.92 Å². The van der Waals surface area contributed by atoms with Gasteiger partial charge in [0.25, 0.3) is 0 Å². The molecule has 0 aliphatic heterocycles. The topological polar surface area (TPSA) is 76.1 Å². The summed E-state index contributed by atoms with van der Waals surface area (Å²) in [5, 5.41) is 3.19. The van der Waals surface area contributed by atoms with Gasteiger partial charge in [-0.3, -0.25) is 4.79 Å². The minimum Gasteiger partial charge on any atom is -0.355 e. The first-order valence-corrected chi connectivity index (χ1v) is 9.77. The predicted molar refractivity (Wildman–Crippen MR) is 92.0 cm³/mol. The van der Waals surface area contributed by atoms with Gasteiger partial charge in [-0.25, -0.2) is 13.4 Å². The van der Waals surface area contributed by atoms with Gasteiger partial charge in [-0.05, 0) is 12.8 Å². The summed E-state index contributed by atoms with van der Waals surface area (Å²) in [6.07, 6.45) is 0. The van der Waals surface area contributed by atoms with E-state index in [2.05, 4.69) is 10.3 Å². The highest BCUT2D eigenvalue weighted by atomic mass is 32.2. The Morgan fingerprint density at radius 3 is 2.48 bits per heavy atom. The lowest BCUT2D eigenvalue weighted by Gasteiger charge is -2.12. The van der Waals surface area contributed by atoms with Crippen LogP contribution in [0.4, 0.5) is 0 Å². The fourth-order valence-corrected chi connectivity index (χ4v) is 4.43. The number of sulfone groups is 1. The molecule has 2 rings (SSSR count). The molecule has 0 radical (unpaired) electrons. The second-order valence-electron chi connectivity index (χ2n) is 5.69. The van der Waals surface area contributed by atoms with Crippen molar-refractivity contribution in [3.8, 4) is 11.3 Å². The van der Waals surface area contributed by atoms with Crippen molar-refractivity contribution in [3.63, 3.8) is 0 Å². The molecule has 0 bridgehead atoms. The van der Waals surface area contributed by atoms with Crippen molar-refractivity contribution < 1.29 is 13.2 Å². The van der Waals surface area contributed by atoms with Crippen LogP contribution >= 0.6 is 11.3 Å². The Labute approximate surface area is 140 Å². The average molecular weight is 352 g/mol. The number of carbonyl (C=O) groups is 1. The number of hydrogen-bond donors (Lipinski definition) is 1. The predicted octanol–water partition coefficient (Wildman–Crippen LogP) is 2.74. The van der Waals surface area contributed by atoms with Gasteiger partial charge in [0.1, 0.15) is 5.25 Å². The summed E-state index contributed by atoms with van der Waals surface area (Å²) >= 11 is 1.04. The summed E-state index contributed by atoms with van der Waals surface area (Å²) in [6.45, 7) is 5.75. The molecule has 1 heterocycles. The van der Waals surface area contributed by atoms with E-state index in [0.29, 0.717) is 12.2 Å². The molecule has 0 saturated heterocycles. The van der Waals surface area contributed by atoms with Crippen molar-refractivity contribution in [1.82, 2.24) is 10.3 Å². The van der Waals surface area contributed by atoms with Crippen LogP contribution < -0.4 is 5.32 Å². The summed E-state index contributed by atoms with van der Waals surface area (Å²) in [5.41, 5.74) is 1.45. The number of aromatic nitrogens is 1. The van der Waals surface area contributed by atoms with E-state index in [0.717, 1.165) is 16.9 Å². The monoisotopic (exact) mass is 352 g/mol. The molecule has 7 heteroatoms. The van der Waals surface area contributed by atoms with Crippen LogP contribution in [0.3, 0.4) is 0 Å². The molecular formula is C16H20N2O3S2. The van der Waals surface area contributed by atoms with Crippen molar-refractivity contribution >= 4 is 27.1 Å². The van der Waals surface area contributed by atoms with Gasteiger partial charge in [0, 0.05) is 17.5 Å². The van der Waals surface area contributed by atoms with Gasteiger partial charge in [-0.15, -0.1) is 11.3 Å². The van der Waals surface area contributed by atoms with Crippen molar-refractivity contribution in [1.29, 1.82) is 0 Å². The van der Waals surface area contributed by atoms with Gasteiger partial charge in [-0.2, -0.15) is 0 Å². The molecule has 0 aliphatic carbocycles. The molecular weight excluding hydrogens is 332 g/mol. The molecule has 0 saturated carbocycles. The standard InChI is InChI=1S/C16H20N2O3S2/c1-11(2)9-17-15(19)12(3)23(20,21)16-18-14(10-22-16)13-7-5-4-6-8-13/h4-8,10-12H,9H2,1-3H3,(H,17,19)/t12-/m0/s1. The molecule has 0 aliphatic rings. The van der Waals surface area contributed by atoms with Gasteiger partial charge in [0.2, 0.25) is 20.1 Å². The minimum absolute atomic E-state index is 0.0245. The number of thiazole rings is 1. The maximum Gasteiger partial charge on any atom is 0.238 e. The molecule has 23 heavy (non-hydrogen) atoms. The Hall–Kier alpha value is -1.73. The molecule has 5 nitrogen and oxygen atoms in total. The lowest BCUT2D eigenvalue weighted by Crippen LogP contribution is -2.39. The Balaban J connectivity index is 2.20. The molecule has 1 atom stereocenters. The smallest absolute Gasteiger partial charge is 0.238 e. The van der Waals surface area contributed by atoms with E-state index in [4.69, 9.17) is 0 Å². The number of nitrogens with zero attached hydrogens (tertiary/aromatic N) is 1. The Morgan fingerprint density at radius 1 is 1.22 bits per heavy atom. The van der Waals surface area contributed by atoms with Crippen LogP contribution in [-0.4, -0.2) is 31.1 Å². The normalized spacial score (nSPS) is 13.0. The molecule has 2 aromatic rings. The molecule has 1 aromatic carbocycles. The third-order valence-electron chi connectivity index (χ3n) is 3.32. The van der Waals surface area contributed by atoms with E-state index in [-0.39, 0.29) is 10.3 Å². The zero-order chi connectivity index (χ0) is 17.0. The maximum atomic E-state index is 12.6. The number of rotatable bonds is 6. The quantitative estimate of drug-likeness (QED) is 0.867. The average Bonchev–Trinajstić information content (AvgIpc) is 3.03. The van der Waals surface area contributed by atoms with Crippen molar-refractivity contribution in [3.05, 3.63) is 35.7 Å². The van der Waals surface area contributed by atoms with Gasteiger partial charge in [0.15, 0.2) is 0 Å². The fourth-order valence-electron chi connectivity index (χ4n) is 1.87. The third-order valence-corrected chi connectivity index (χ3v) is 6.66. The van der Waals surface area contributed by atoms with E-state index in [1.807, 2.05) is 44.2 Å². The molecule has 1 aromatic heterocycles. The SMILES string of the molecule is CC(C)CNC(=O)[C@H](C)S(=O)(=O)c1nc(-c2ccccc2)cs1. The first kappa shape index (κ1) is 17.6. The van der Waals surface area contributed by atoms with Crippen molar-refractivity contribution in [2.45, 2.75) is 30.4 Å². The zero-order valence-electron chi connectivity index (χ0n) is 13.3. The van der Waals surface area contributed by atoms with Gasteiger partial charge >= 0.3 is 0 Å². The molecule has 0 unspecified atom stereocenters. The van der Waals surface area contributed by atoms with E-state index >= 15 is 0 Å². The second kappa shape index (κ2) is 7.23. The summed E-state index contributed by atoms with van der Waals surface area (Å²) in [7, 11) is -3.78. The molecule has 1 N–H and O–H groups in total. The van der Waals surface area contributed by atoms with Crippen LogP contribution in [0.15, 0.2) is 40.1 Å². The van der Waals surface area contributed by atoms with Crippen LogP contribution in [0.25, 0.3) is 11.3 Å². The fraction of sp³-hybridized carbons (Fsp3) is 0.375. The van der Waals surface area contributed by atoms with Crippen LogP contribution in [0.2, 0.25) is 0 Å². The number of hydrogen-bond acceptors (Lipinski definition) is 5. The van der Waals surface area contributed by atoms with Gasteiger partial charge in [-0.1, -0.05) is 44.2 Å². The minimum atomic E-state index is -3.78. The summed E-state index contributed by atoms with van der Waals surface area (Å²) in [4.78, 5) is 16.2. The number of carbonyl (C=O) groups excluding carboxylic acids is 1. The van der Waals surface area contributed by atoms with Crippen molar-refractivity contribution in [2.24, 2.45) is 5.92 Å². The number of benzene rings is 1. The maximum absolute atomic E-state index is 12.6. The Morgan fingerprint density at radius 2 is 1.87 bits per heavy atom. The highest BCUT2D eigenvalue weighted by molar-refractivity contribution is 7.94. The number of amides is 1. The Bertz CT molecular complexity index is 768. The highest BCUT2D eigenvalue weighted by Crippen LogP contribution is 2.26. The number of nitrogens with one attached hydrogen (secondary N) is 1. The van der Waals surface area contributed by atoms with E-state index < -0.39 is 21.0 Å². The first-order valence-electron chi connectivity index (χ1n) is 7.35. The molecule has 0 spiro atoms. The zero-order valence-corrected chi connectivity index (χ0v) is 14.9. The van der Waals surface area contributed by atoms with Crippen LogP contribution in [0.1, 0.15) is 20.8 Å². The molecule has 0 fully saturated rings. The Kier molecular flexibility index (Phi) is 5.54. The lowest BCUT2D eigenvalue weighted by molar-refractivity contribution is -0.120. The third kappa shape index (κ3) is 4.17. The van der Waals surface area contributed by atoms with Crippen LogP contribution in [0.5, 0.6) is 0 Å². The van der Waals surface area contributed by atoms with Gasteiger partial charge < -0.3 is 5.32 Å². The summed E-state index contributed by atoms with van der Waals surface area (Å²) < 4.78 is 25.1. The van der Waals surface area contributed by atoms with Crippen LogP contribution in [-0.2, 0) is 14.6 Å². The van der Waals surface area contributed by atoms with Crippen molar-refractivity contribution in [2.75, 3.05) is 6.54 Å². The molecule has 124 valence electrons. The highest BCUT2D eigenvalue weighted by Gasteiger charge is 2.32. The van der Waals surface area contributed by atoms with E-state index in [1.165, 1.54) is 6.92 Å². The second-order valence-corrected chi connectivity index (χ2v) is 8.99. The van der Waals surface area contributed by atoms with Gasteiger partial charge in [0.05, 0.1) is 5.69 Å². The van der Waals surface area contributed by atoms with E-state index in [9.17, 15) is 13.2 Å². The lowest BCUT2D eigenvalue weighted by atomic mass is 10.2. The summed E-state index contributed by atoms with van der Waals surface area (Å²) in [6, 6.07) is 9.35. The molecule has 1 amide bonds. The largest absolute Gasteiger partial charge is 0.355 e.